The number of anilines is 1. The van der Waals surface area contributed by atoms with E-state index in [0.717, 1.165) is 16.7 Å². The van der Waals surface area contributed by atoms with Crippen LogP contribution < -0.4 is 14.9 Å². The van der Waals surface area contributed by atoms with E-state index in [0.29, 0.717) is 21.3 Å². The average molecular weight is 474 g/mol. The molecule has 0 aromatic heterocycles. The lowest BCUT2D eigenvalue weighted by molar-refractivity contribution is -0.386. The molecule has 0 saturated heterocycles. The molecule has 0 amide bonds. The summed E-state index contributed by atoms with van der Waals surface area (Å²) < 4.78 is 11.2. The molecule has 0 unspecified atom stereocenters. The third-order valence-electron chi connectivity index (χ3n) is 4.68. The van der Waals surface area contributed by atoms with Crippen molar-refractivity contribution in [3.8, 4) is 11.5 Å². The Morgan fingerprint density at radius 3 is 2.56 bits per heavy atom. The van der Waals surface area contributed by atoms with E-state index in [1.165, 1.54) is 19.4 Å². The SMILES string of the molecule is COc1cc(C=NNc2ccc(Cl)c(Cl)c2)cc([N+](=O)[O-])c1OCc1cc(C)ccc1C. The Morgan fingerprint density at radius 2 is 1.88 bits per heavy atom. The molecule has 3 rings (SSSR count). The summed E-state index contributed by atoms with van der Waals surface area (Å²) in [7, 11) is 1.43. The molecule has 0 fully saturated rings. The molecule has 0 spiro atoms. The first-order valence-electron chi connectivity index (χ1n) is 9.58. The van der Waals surface area contributed by atoms with Crippen LogP contribution in [0.15, 0.2) is 53.6 Å². The molecule has 9 heteroatoms. The van der Waals surface area contributed by atoms with Crippen molar-refractivity contribution >= 4 is 40.8 Å². The molecule has 7 nitrogen and oxygen atoms in total. The summed E-state index contributed by atoms with van der Waals surface area (Å²) in [6.45, 7) is 4.12. The van der Waals surface area contributed by atoms with Crippen molar-refractivity contribution in [1.29, 1.82) is 0 Å². The Kier molecular flexibility index (Phi) is 7.56. The number of nitro groups is 1. The Hall–Kier alpha value is -3.29. The number of ether oxygens (including phenoxy) is 2. The topological polar surface area (TPSA) is 86.0 Å². The van der Waals surface area contributed by atoms with Crippen molar-refractivity contribution in [2.24, 2.45) is 5.10 Å². The minimum absolute atomic E-state index is 0.0630. The fourth-order valence-corrected chi connectivity index (χ4v) is 3.27. The zero-order valence-electron chi connectivity index (χ0n) is 17.7. The van der Waals surface area contributed by atoms with Gasteiger partial charge < -0.3 is 9.47 Å². The number of benzene rings is 3. The average Bonchev–Trinajstić information content (AvgIpc) is 2.76. The highest BCUT2D eigenvalue weighted by Gasteiger charge is 2.22. The van der Waals surface area contributed by atoms with Crippen LogP contribution >= 0.6 is 23.2 Å². The van der Waals surface area contributed by atoms with Gasteiger partial charge in [-0.1, -0.05) is 47.0 Å². The predicted molar refractivity (Wildman–Crippen MR) is 128 cm³/mol. The fraction of sp³-hybridized carbons (Fsp3) is 0.174. The van der Waals surface area contributed by atoms with Crippen molar-refractivity contribution in [3.05, 3.63) is 90.9 Å². The Bertz CT molecular complexity index is 1180. The van der Waals surface area contributed by atoms with E-state index in [1.54, 1.807) is 24.3 Å². The Labute approximate surface area is 195 Å². The molecule has 3 aromatic carbocycles. The number of rotatable bonds is 8. The zero-order valence-corrected chi connectivity index (χ0v) is 19.2. The summed E-state index contributed by atoms with van der Waals surface area (Å²) in [6.07, 6.45) is 1.44. The summed E-state index contributed by atoms with van der Waals surface area (Å²) >= 11 is 11.9. The van der Waals surface area contributed by atoms with Gasteiger partial charge in [0, 0.05) is 11.6 Å². The number of nitrogens with one attached hydrogen (secondary N) is 1. The number of nitrogens with zero attached hydrogens (tertiary/aromatic N) is 2. The first-order valence-corrected chi connectivity index (χ1v) is 10.3. The van der Waals surface area contributed by atoms with Crippen LogP contribution in [-0.2, 0) is 6.61 Å². The van der Waals surface area contributed by atoms with Gasteiger partial charge in [-0.3, -0.25) is 15.5 Å². The second kappa shape index (κ2) is 10.3. The van der Waals surface area contributed by atoms with Gasteiger partial charge in [-0.25, -0.2) is 0 Å². The number of halogens is 2. The molecular formula is C23H21Cl2N3O4. The van der Waals surface area contributed by atoms with E-state index in [1.807, 2.05) is 32.0 Å². The van der Waals surface area contributed by atoms with Gasteiger partial charge in [0.05, 0.1) is 34.0 Å². The molecule has 0 heterocycles. The van der Waals surface area contributed by atoms with Crippen molar-refractivity contribution in [2.75, 3.05) is 12.5 Å². The van der Waals surface area contributed by atoms with E-state index in [4.69, 9.17) is 32.7 Å². The van der Waals surface area contributed by atoms with E-state index in [9.17, 15) is 10.1 Å². The van der Waals surface area contributed by atoms with Gasteiger partial charge in [-0.15, -0.1) is 0 Å². The van der Waals surface area contributed by atoms with E-state index < -0.39 is 4.92 Å². The molecule has 3 aromatic rings. The quantitative estimate of drug-likeness (QED) is 0.227. The van der Waals surface area contributed by atoms with Crippen molar-refractivity contribution in [3.63, 3.8) is 0 Å². The van der Waals surface area contributed by atoms with E-state index >= 15 is 0 Å². The largest absolute Gasteiger partial charge is 0.493 e. The zero-order chi connectivity index (χ0) is 23.3. The predicted octanol–water partition coefficient (Wildman–Crippen LogP) is 6.55. The van der Waals surface area contributed by atoms with Crippen molar-refractivity contribution < 1.29 is 14.4 Å². The number of hydrazone groups is 1. The number of hydrogen-bond acceptors (Lipinski definition) is 6. The summed E-state index contributed by atoms with van der Waals surface area (Å²) in [6, 6.07) is 13.9. The highest BCUT2D eigenvalue weighted by atomic mass is 35.5. The summed E-state index contributed by atoms with van der Waals surface area (Å²) in [4.78, 5) is 11.2. The van der Waals surface area contributed by atoms with Crippen LogP contribution in [0.25, 0.3) is 0 Å². The van der Waals surface area contributed by atoms with Crippen LogP contribution in [-0.4, -0.2) is 18.2 Å². The summed E-state index contributed by atoms with van der Waals surface area (Å²) in [5.74, 6) is 0.300. The van der Waals surface area contributed by atoms with E-state index in [2.05, 4.69) is 10.5 Å². The van der Waals surface area contributed by atoms with Crippen LogP contribution in [0.4, 0.5) is 11.4 Å². The molecule has 0 aliphatic rings. The number of hydrogen-bond donors (Lipinski definition) is 1. The molecule has 0 atom stereocenters. The molecule has 32 heavy (non-hydrogen) atoms. The maximum Gasteiger partial charge on any atom is 0.315 e. The van der Waals surface area contributed by atoms with Gasteiger partial charge in [0.1, 0.15) is 6.61 Å². The third-order valence-corrected chi connectivity index (χ3v) is 5.42. The van der Waals surface area contributed by atoms with Crippen LogP contribution in [0, 0.1) is 24.0 Å². The highest BCUT2D eigenvalue weighted by Crippen LogP contribution is 2.38. The smallest absolute Gasteiger partial charge is 0.315 e. The maximum absolute atomic E-state index is 11.7. The van der Waals surface area contributed by atoms with Crippen molar-refractivity contribution in [2.45, 2.75) is 20.5 Å². The van der Waals surface area contributed by atoms with Crippen LogP contribution in [0.1, 0.15) is 22.3 Å². The van der Waals surface area contributed by atoms with Crippen LogP contribution in [0.3, 0.4) is 0 Å². The fourth-order valence-electron chi connectivity index (χ4n) is 2.97. The molecule has 0 bridgehead atoms. The molecule has 0 aliphatic heterocycles. The highest BCUT2D eigenvalue weighted by molar-refractivity contribution is 6.42. The minimum Gasteiger partial charge on any atom is -0.493 e. The molecular weight excluding hydrogens is 453 g/mol. The second-order valence-corrected chi connectivity index (χ2v) is 7.86. The molecule has 0 radical (unpaired) electrons. The van der Waals surface area contributed by atoms with Crippen LogP contribution in [0.2, 0.25) is 10.0 Å². The summed E-state index contributed by atoms with van der Waals surface area (Å²) in [5, 5.41) is 16.6. The minimum atomic E-state index is -0.509. The standard InChI is InChI=1S/C23H21Cl2N3O4/c1-14-4-5-15(2)17(8-14)13-32-23-21(28(29)30)9-16(10-22(23)31-3)12-26-27-18-6-7-19(24)20(25)11-18/h4-12,27H,13H2,1-3H3. The third kappa shape index (κ3) is 5.69. The van der Waals surface area contributed by atoms with Gasteiger partial charge >= 0.3 is 5.69 Å². The first kappa shape index (κ1) is 23.4. The van der Waals surface area contributed by atoms with E-state index in [-0.39, 0.29) is 23.8 Å². The Morgan fingerprint density at radius 1 is 1.09 bits per heavy atom. The van der Waals surface area contributed by atoms with Gasteiger partial charge in [0.2, 0.25) is 5.75 Å². The first-order chi connectivity index (χ1) is 15.3. The molecule has 0 saturated carbocycles. The number of nitro benzene ring substituents is 1. The number of methoxy groups -OCH3 is 1. The monoisotopic (exact) mass is 473 g/mol. The van der Waals surface area contributed by atoms with Crippen LogP contribution in [0.5, 0.6) is 11.5 Å². The van der Waals surface area contributed by atoms with Gasteiger partial charge in [-0.2, -0.15) is 5.10 Å². The van der Waals surface area contributed by atoms with Gasteiger partial charge in [0.25, 0.3) is 0 Å². The maximum atomic E-state index is 11.7. The second-order valence-electron chi connectivity index (χ2n) is 7.05. The lowest BCUT2D eigenvalue weighted by Gasteiger charge is -2.13. The van der Waals surface area contributed by atoms with Gasteiger partial charge in [-0.05, 0) is 49.2 Å². The lowest BCUT2D eigenvalue weighted by atomic mass is 10.1. The van der Waals surface area contributed by atoms with Gasteiger partial charge in [0.15, 0.2) is 5.75 Å². The lowest BCUT2D eigenvalue weighted by Crippen LogP contribution is -2.04. The molecule has 166 valence electrons. The van der Waals surface area contributed by atoms with Crippen molar-refractivity contribution in [1.82, 2.24) is 0 Å². The molecule has 0 aliphatic carbocycles. The normalized spacial score (nSPS) is 10.9. The Balaban J connectivity index is 1.85. The molecule has 1 N–H and O–H groups in total. The number of aryl methyl sites for hydroxylation is 2. The summed E-state index contributed by atoms with van der Waals surface area (Å²) in [5.41, 5.74) is 6.72.